The Balaban J connectivity index is 1.66. The highest BCUT2D eigenvalue weighted by Gasteiger charge is 2.39. The molecule has 4 unspecified atom stereocenters. The maximum absolute atomic E-state index is 12.7. The molecule has 0 spiro atoms. The second-order valence-electron chi connectivity index (χ2n) is 7.00. The summed E-state index contributed by atoms with van der Waals surface area (Å²) in [7, 11) is 0. The third-order valence-corrected chi connectivity index (χ3v) is 5.55. The Bertz CT molecular complexity index is 340. The van der Waals surface area contributed by atoms with Gasteiger partial charge in [-0.15, -0.1) is 0 Å². The fraction of sp³-hybridized carbons (Fsp3) is 0.938. The van der Waals surface area contributed by atoms with Crippen molar-refractivity contribution in [3.63, 3.8) is 0 Å². The van der Waals surface area contributed by atoms with E-state index in [0.29, 0.717) is 23.9 Å². The molecule has 0 aromatic rings. The van der Waals surface area contributed by atoms with Crippen LogP contribution in [0.2, 0.25) is 0 Å². The number of nitrogens with one attached hydrogen (secondary N) is 1. The topological polar surface area (TPSA) is 32.3 Å². The minimum Gasteiger partial charge on any atom is -0.338 e. The molecule has 4 atom stereocenters. The van der Waals surface area contributed by atoms with E-state index in [1.54, 1.807) is 0 Å². The molecule has 1 aliphatic heterocycles. The average Bonchev–Trinajstić information content (AvgIpc) is 3.20. The maximum atomic E-state index is 12.7. The summed E-state index contributed by atoms with van der Waals surface area (Å²) in [6.07, 6.45) is 8.59. The fourth-order valence-electron chi connectivity index (χ4n) is 3.91. The Morgan fingerprint density at radius 1 is 1.05 bits per heavy atom. The third-order valence-electron chi connectivity index (χ3n) is 5.55. The Kier molecular flexibility index (Phi) is 3.84. The lowest BCUT2D eigenvalue weighted by atomic mass is 9.76. The monoisotopic (exact) mass is 264 g/mol. The molecule has 0 aromatic carbocycles. The zero-order valence-electron chi connectivity index (χ0n) is 12.4. The van der Waals surface area contributed by atoms with Gasteiger partial charge in [-0.25, -0.2) is 0 Å². The summed E-state index contributed by atoms with van der Waals surface area (Å²) in [4.78, 5) is 14.9. The van der Waals surface area contributed by atoms with Crippen molar-refractivity contribution in [1.82, 2.24) is 10.2 Å². The smallest absolute Gasteiger partial charge is 0.239 e. The SMILES string of the molecule is CC1CCCC(N2CCCC(NC3CC3)C2=O)C1C. The van der Waals surface area contributed by atoms with Crippen molar-refractivity contribution in [2.75, 3.05) is 6.54 Å². The van der Waals surface area contributed by atoms with Gasteiger partial charge in [-0.05, 0) is 43.9 Å². The van der Waals surface area contributed by atoms with Crippen LogP contribution in [0.15, 0.2) is 0 Å². The first-order valence-electron chi connectivity index (χ1n) is 8.23. The Labute approximate surface area is 117 Å². The normalized spacial score (nSPS) is 40.5. The van der Waals surface area contributed by atoms with E-state index in [4.69, 9.17) is 0 Å². The number of piperidine rings is 1. The number of carbonyl (C=O) groups is 1. The molecule has 3 heteroatoms. The second-order valence-corrected chi connectivity index (χ2v) is 7.00. The predicted molar refractivity (Wildman–Crippen MR) is 76.9 cm³/mol. The molecule has 0 aromatic heterocycles. The summed E-state index contributed by atoms with van der Waals surface area (Å²) in [5, 5.41) is 3.55. The van der Waals surface area contributed by atoms with Crippen molar-refractivity contribution >= 4 is 5.91 Å². The van der Waals surface area contributed by atoms with Gasteiger partial charge in [-0.2, -0.15) is 0 Å². The molecule has 3 nitrogen and oxygen atoms in total. The van der Waals surface area contributed by atoms with Crippen LogP contribution >= 0.6 is 0 Å². The van der Waals surface area contributed by atoms with Crippen LogP contribution in [0.1, 0.15) is 58.8 Å². The summed E-state index contributed by atoms with van der Waals surface area (Å²) in [6.45, 7) is 5.69. The second kappa shape index (κ2) is 5.43. The Hall–Kier alpha value is -0.570. The van der Waals surface area contributed by atoms with Gasteiger partial charge in [0.05, 0.1) is 6.04 Å². The van der Waals surface area contributed by atoms with Crippen LogP contribution in [0.4, 0.5) is 0 Å². The van der Waals surface area contributed by atoms with Crippen LogP contribution in [0.25, 0.3) is 0 Å². The third kappa shape index (κ3) is 2.81. The van der Waals surface area contributed by atoms with Crippen LogP contribution in [-0.4, -0.2) is 35.5 Å². The van der Waals surface area contributed by atoms with Gasteiger partial charge in [-0.3, -0.25) is 4.79 Å². The first-order valence-corrected chi connectivity index (χ1v) is 8.23. The highest BCUT2D eigenvalue weighted by Crippen LogP contribution is 2.34. The van der Waals surface area contributed by atoms with Crippen molar-refractivity contribution in [2.45, 2.75) is 76.9 Å². The van der Waals surface area contributed by atoms with Gasteiger partial charge in [0.2, 0.25) is 5.91 Å². The molecule has 1 amide bonds. The number of nitrogens with zero attached hydrogens (tertiary/aromatic N) is 1. The van der Waals surface area contributed by atoms with Gasteiger partial charge in [0.25, 0.3) is 0 Å². The van der Waals surface area contributed by atoms with Crippen molar-refractivity contribution in [1.29, 1.82) is 0 Å². The quantitative estimate of drug-likeness (QED) is 0.849. The van der Waals surface area contributed by atoms with E-state index in [2.05, 4.69) is 24.1 Å². The summed E-state index contributed by atoms with van der Waals surface area (Å²) in [5.74, 6) is 1.82. The standard InChI is InChI=1S/C16H28N2O/c1-11-5-3-7-15(12(11)2)18-10-4-6-14(16(18)19)17-13-8-9-13/h11-15,17H,3-10H2,1-2H3. The van der Waals surface area contributed by atoms with Crippen LogP contribution in [0.3, 0.4) is 0 Å². The van der Waals surface area contributed by atoms with Gasteiger partial charge in [0, 0.05) is 18.6 Å². The van der Waals surface area contributed by atoms with E-state index >= 15 is 0 Å². The molecular weight excluding hydrogens is 236 g/mol. The molecule has 3 rings (SSSR count). The summed E-state index contributed by atoms with van der Waals surface area (Å²) in [5.41, 5.74) is 0. The molecule has 1 heterocycles. The maximum Gasteiger partial charge on any atom is 0.239 e. The number of amides is 1. The van der Waals surface area contributed by atoms with Gasteiger partial charge >= 0.3 is 0 Å². The van der Waals surface area contributed by atoms with E-state index in [0.717, 1.165) is 18.9 Å². The van der Waals surface area contributed by atoms with Crippen LogP contribution in [-0.2, 0) is 4.79 Å². The van der Waals surface area contributed by atoms with E-state index in [1.165, 1.54) is 38.5 Å². The lowest BCUT2D eigenvalue weighted by Crippen LogP contribution is -2.57. The molecular formula is C16H28N2O. The summed E-state index contributed by atoms with van der Waals surface area (Å²) < 4.78 is 0. The molecule has 0 radical (unpaired) electrons. The minimum absolute atomic E-state index is 0.116. The highest BCUT2D eigenvalue weighted by atomic mass is 16.2. The lowest BCUT2D eigenvalue weighted by molar-refractivity contribution is -0.141. The molecule has 3 aliphatic rings. The number of hydrogen-bond donors (Lipinski definition) is 1. The van der Waals surface area contributed by atoms with E-state index in [9.17, 15) is 4.79 Å². The number of hydrogen-bond acceptors (Lipinski definition) is 2. The van der Waals surface area contributed by atoms with Gasteiger partial charge < -0.3 is 10.2 Å². The van der Waals surface area contributed by atoms with Crippen molar-refractivity contribution < 1.29 is 4.79 Å². The number of rotatable bonds is 3. The number of carbonyl (C=O) groups excluding carboxylic acids is 1. The van der Waals surface area contributed by atoms with Crippen molar-refractivity contribution in [2.24, 2.45) is 11.8 Å². The summed E-state index contributed by atoms with van der Waals surface area (Å²) in [6, 6.07) is 1.25. The van der Waals surface area contributed by atoms with Crippen molar-refractivity contribution in [3.05, 3.63) is 0 Å². The minimum atomic E-state index is 0.116. The summed E-state index contributed by atoms with van der Waals surface area (Å²) >= 11 is 0. The van der Waals surface area contributed by atoms with Gasteiger partial charge in [0.15, 0.2) is 0 Å². The molecule has 2 aliphatic carbocycles. The Morgan fingerprint density at radius 3 is 2.58 bits per heavy atom. The van der Waals surface area contributed by atoms with Crippen LogP contribution < -0.4 is 5.32 Å². The van der Waals surface area contributed by atoms with E-state index in [-0.39, 0.29) is 6.04 Å². The predicted octanol–water partition coefficient (Wildman–Crippen LogP) is 2.55. The average molecular weight is 264 g/mol. The van der Waals surface area contributed by atoms with Crippen LogP contribution in [0.5, 0.6) is 0 Å². The molecule has 3 fully saturated rings. The Morgan fingerprint density at radius 2 is 1.84 bits per heavy atom. The largest absolute Gasteiger partial charge is 0.338 e. The molecule has 1 saturated heterocycles. The van der Waals surface area contributed by atoms with Gasteiger partial charge in [-0.1, -0.05) is 26.7 Å². The molecule has 1 N–H and O–H groups in total. The number of likely N-dealkylation sites (tertiary alicyclic amines) is 1. The lowest BCUT2D eigenvalue weighted by Gasteiger charge is -2.45. The van der Waals surface area contributed by atoms with E-state index in [1.807, 2.05) is 0 Å². The fourth-order valence-corrected chi connectivity index (χ4v) is 3.91. The molecule has 108 valence electrons. The van der Waals surface area contributed by atoms with E-state index < -0.39 is 0 Å². The van der Waals surface area contributed by atoms with Crippen LogP contribution in [0, 0.1) is 11.8 Å². The van der Waals surface area contributed by atoms with Crippen molar-refractivity contribution in [3.8, 4) is 0 Å². The first-order chi connectivity index (χ1) is 9.16. The zero-order valence-corrected chi connectivity index (χ0v) is 12.4. The zero-order chi connectivity index (χ0) is 13.4. The molecule has 2 saturated carbocycles. The first kappa shape index (κ1) is 13.4. The molecule has 19 heavy (non-hydrogen) atoms. The van der Waals surface area contributed by atoms with Gasteiger partial charge in [0.1, 0.15) is 0 Å². The molecule has 0 bridgehead atoms. The highest BCUT2D eigenvalue weighted by molar-refractivity contribution is 5.83.